The van der Waals surface area contributed by atoms with Crippen LogP contribution in [0.5, 0.6) is 5.75 Å². The summed E-state index contributed by atoms with van der Waals surface area (Å²) in [6.45, 7) is 14.7. The lowest BCUT2D eigenvalue weighted by Gasteiger charge is -2.29. The zero-order chi connectivity index (χ0) is 21.2. The van der Waals surface area contributed by atoms with E-state index in [4.69, 9.17) is 0 Å². The molecule has 0 atom stereocenters. The van der Waals surface area contributed by atoms with Crippen LogP contribution in [0.4, 0.5) is 17.3 Å². The highest BCUT2D eigenvalue weighted by atomic mass is 19.5. The van der Waals surface area contributed by atoms with Gasteiger partial charge in [0.15, 0.2) is 0 Å². The molecule has 1 aromatic rings. The number of nitrogens with zero attached hydrogens (tertiary/aromatic N) is 2. The molecule has 1 N–H and O–H groups in total. The van der Waals surface area contributed by atoms with Crippen LogP contribution < -0.4 is 0 Å². The van der Waals surface area contributed by atoms with Crippen molar-refractivity contribution < 1.29 is 22.4 Å². The summed E-state index contributed by atoms with van der Waals surface area (Å²) in [6.07, 6.45) is 4.22. The zero-order valence-corrected chi connectivity index (χ0v) is 17.2. The van der Waals surface area contributed by atoms with Crippen LogP contribution in [0.3, 0.4) is 0 Å². The van der Waals surface area contributed by atoms with E-state index < -0.39 is 7.25 Å². The molecule has 2 rings (SSSR count). The van der Waals surface area contributed by atoms with Crippen LogP contribution in [0.15, 0.2) is 24.5 Å². The molecule has 154 valence electrons. The van der Waals surface area contributed by atoms with Gasteiger partial charge >= 0.3 is 7.25 Å². The predicted octanol–water partition coefficient (Wildman–Crippen LogP) is 5.46. The number of benzene rings is 1. The number of phenolic OH excluding ortho intramolecular Hbond substituents is 1. The molecule has 0 amide bonds. The van der Waals surface area contributed by atoms with Crippen LogP contribution in [0.1, 0.15) is 58.2 Å². The van der Waals surface area contributed by atoms with E-state index in [1.807, 2.05) is 0 Å². The first-order valence-electron chi connectivity index (χ1n) is 8.85. The first-order valence-corrected chi connectivity index (χ1v) is 8.85. The highest BCUT2D eigenvalue weighted by Crippen LogP contribution is 2.40. The molecule has 0 saturated heterocycles. The summed E-state index contributed by atoms with van der Waals surface area (Å²) in [6, 6.07) is 4.33. The standard InChI is InChI=1S/C19H30N2O.BF4/c1-18(2,3)15-10-14(12-21-9-8-20(7)13-21)11-16(17(15)22)19(4,5)6;2-1(3,4)5/h8-11,22H,12-13H2,1-7H3;/q;-1. The summed E-state index contributed by atoms with van der Waals surface area (Å²) in [5, 5.41) is 10.8. The smallest absolute Gasteiger partial charge is 0.507 e. The molecule has 1 heterocycles. The summed E-state index contributed by atoms with van der Waals surface area (Å²) < 4.78 is 39.0. The van der Waals surface area contributed by atoms with Gasteiger partial charge < -0.3 is 32.2 Å². The molecule has 0 saturated carbocycles. The molecular weight excluding hydrogens is 359 g/mol. The van der Waals surface area contributed by atoms with Gasteiger partial charge in [0.05, 0.1) is 6.67 Å². The Morgan fingerprint density at radius 2 is 1.33 bits per heavy atom. The van der Waals surface area contributed by atoms with Crippen molar-refractivity contribution in [2.24, 2.45) is 0 Å². The summed E-state index contributed by atoms with van der Waals surface area (Å²) in [7, 11) is -3.92. The lowest BCUT2D eigenvalue weighted by Crippen LogP contribution is -2.23. The maximum atomic E-state index is 10.8. The molecule has 0 radical (unpaired) electrons. The molecule has 1 aliphatic rings. The van der Waals surface area contributed by atoms with Gasteiger partial charge in [0.1, 0.15) is 5.75 Å². The second-order valence-corrected chi connectivity index (χ2v) is 8.98. The molecule has 1 aromatic carbocycles. The molecule has 0 aromatic heterocycles. The number of hydrogen-bond acceptors (Lipinski definition) is 3. The van der Waals surface area contributed by atoms with Gasteiger partial charge in [-0.1, -0.05) is 41.5 Å². The number of rotatable bonds is 2. The minimum atomic E-state index is -6.00. The van der Waals surface area contributed by atoms with Gasteiger partial charge in [0, 0.05) is 26.0 Å². The highest BCUT2D eigenvalue weighted by Gasteiger charge is 2.27. The van der Waals surface area contributed by atoms with Gasteiger partial charge in [-0.15, -0.1) is 0 Å². The normalized spacial score (nSPS) is 15.1. The Morgan fingerprint density at radius 3 is 1.63 bits per heavy atom. The van der Waals surface area contributed by atoms with Crippen molar-refractivity contribution in [1.82, 2.24) is 9.80 Å². The Morgan fingerprint density at radius 1 is 0.926 bits per heavy atom. The summed E-state index contributed by atoms with van der Waals surface area (Å²) in [5.74, 6) is 0.456. The van der Waals surface area contributed by atoms with Crippen LogP contribution in [0.2, 0.25) is 0 Å². The van der Waals surface area contributed by atoms with E-state index in [2.05, 4.69) is 82.9 Å². The number of halogens is 4. The van der Waals surface area contributed by atoms with Crippen molar-refractivity contribution in [2.45, 2.75) is 58.9 Å². The topological polar surface area (TPSA) is 26.7 Å². The predicted molar refractivity (Wildman–Crippen MR) is 103 cm³/mol. The maximum absolute atomic E-state index is 10.8. The molecule has 8 heteroatoms. The Hall–Kier alpha value is -1.86. The molecule has 0 spiro atoms. The van der Waals surface area contributed by atoms with E-state index in [0.717, 1.165) is 24.3 Å². The Labute approximate surface area is 159 Å². The minimum Gasteiger partial charge on any atom is -0.507 e. The van der Waals surface area contributed by atoms with Crippen LogP contribution >= 0.6 is 0 Å². The van der Waals surface area contributed by atoms with E-state index in [9.17, 15) is 22.4 Å². The van der Waals surface area contributed by atoms with E-state index >= 15 is 0 Å². The third kappa shape index (κ3) is 7.73. The Balaban J connectivity index is 0.000000646. The molecular formula is C19H30BF4N2O-. The van der Waals surface area contributed by atoms with E-state index in [0.29, 0.717) is 5.75 Å². The first-order chi connectivity index (χ1) is 12.0. The molecule has 3 nitrogen and oxygen atoms in total. The lowest BCUT2D eigenvalue weighted by molar-refractivity contribution is 0.290. The molecule has 0 unspecified atom stereocenters. The molecule has 0 aliphatic carbocycles. The third-order valence-corrected chi connectivity index (χ3v) is 4.11. The quantitative estimate of drug-likeness (QED) is 0.537. The molecule has 0 bridgehead atoms. The van der Waals surface area contributed by atoms with Crippen molar-refractivity contribution in [3.63, 3.8) is 0 Å². The SMILES string of the molecule is CN1C=CN(Cc2cc(C(C)(C)C)c(O)c(C(C)(C)C)c2)C1.F[B-](F)(F)F. The fourth-order valence-corrected chi connectivity index (χ4v) is 2.86. The van der Waals surface area contributed by atoms with Crippen molar-refractivity contribution >= 4 is 7.25 Å². The van der Waals surface area contributed by atoms with Crippen LogP contribution in [0.25, 0.3) is 0 Å². The third-order valence-electron chi connectivity index (χ3n) is 4.11. The van der Waals surface area contributed by atoms with Crippen molar-refractivity contribution in [2.75, 3.05) is 13.7 Å². The summed E-state index contributed by atoms with van der Waals surface area (Å²) in [5.41, 5.74) is 3.18. The van der Waals surface area contributed by atoms with Crippen molar-refractivity contribution in [1.29, 1.82) is 0 Å². The van der Waals surface area contributed by atoms with Gasteiger partial charge in [-0.05, 0) is 39.7 Å². The highest BCUT2D eigenvalue weighted by molar-refractivity contribution is 6.50. The van der Waals surface area contributed by atoms with Crippen molar-refractivity contribution in [3.8, 4) is 5.75 Å². The molecule has 1 aliphatic heterocycles. The summed E-state index contributed by atoms with van der Waals surface area (Å²) in [4.78, 5) is 4.45. The first kappa shape index (κ1) is 23.2. The van der Waals surface area contributed by atoms with E-state index in [1.54, 1.807) is 0 Å². The van der Waals surface area contributed by atoms with Crippen LogP contribution in [-0.4, -0.2) is 35.9 Å². The van der Waals surface area contributed by atoms with E-state index in [-0.39, 0.29) is 10.8 Å². The number of phenols is 1. The maximum Gasteiger partial charge on any atom is 0.673 e. The van der Waals surface area contributed by atoms with Gasteiger partial charge in [0.2, 0.25) is 0 Å². The number of hydrogen-bond donors (Lipinski definition) is 1. The monoisotopic (exact) mass is 389 g/mol. The van der Waals surface area contributed by atoms with E-state index in [1.165, 1.54) is 5.56 Å². The fraction of sp³-hybridized carbons (Fsp3) is 0.579. The Kier molecular flexibility index (Phi) is 6.89. The Bertz CT molecular complexity index is 635. The van der Waals surface area contributed by atoms with Gasteiger partial charge in [0.25, 0.3) is 0 Å². The largest absolute Gasteiger partial charge is 0.673 e. The molecule has 27 heavy (non-hydrogen) atoms. The second kappa shape index (κ2) is 8.03. The van der Waals surface area contributed by atoms with Crippen LogP contribution in [-0.2, 0) is 17.4 Å². The average molecular weight is 389 g/mol. The molecule has 0 fully saturated rings. The lowest BCUT2D eigenvalue weighted by atomic mass is 9.78. The van der Waals surface area contributed by atoms with Crippen molar-refractivity contribution in [3.05, 3.63) is 41.2 Å². The zero-order valence-electron chi connectivity index (χ0n) is 17.2. The second-order valence-electron chi connectivity index (χ2n) is 8.98. The average Bonchev–Trinajstić information content (AvgIpc) is 2.81. The summed E-state index contributed by atoms with van der Waals surface area (Å²) >= 11 is 0. The minimum absolute atomic E-state index is 0.0717. The fourth-order valence-electron chi connectivity index (χ4n) is 2.86. The number of aromatic hydroxyl groups is 1. The van der Waals surface area contributed by atoms with Crippen LogP contribution in [0, 0.1) is 0 Å². The van der Waals surface area contributed by atoms with Gasteiger partial charge in [-0.25, -0.2) is 0 Å². The van der Waals surface area contributed by atoms with Gasteiger partial charge in [-0.3, -0.25) is 0 Å². The van der Waals surface area contributed by atoms with Gasteiger partial charge in [-0.2, -0.15) is 0 Å².